The molecule has 19 heavy (non-hydrogen) atoms. The molecule has 1 atom stereocenters. The predicted molar refractivity (Wildman–Crippen MR) is 75.7 cm³/mol. The van der Waals surface area contributed by atoms with Crippen LogP contribution in [-0.4, -0.2) is 0 Å². The van der Waals surface area contributed by atoms with Gasteiger partial charge in [0.1, 0.15) is 5.82 Å². The van der Waals surface area contributed by atoms with Crippen LogP contribution >= 0.6 is 11.6 Å². The third-order valence-corrected chi connectivity index (χ3v) is 4.28. The van der Waals surface area contributed by atoms with Crippen molar-refractivity contribution < 1.29 is 4.39 Å². The monoisotopic (exact) mass is 275 g/mol. The second-order valence-corrected chi connectivity index (χ2v) is 5.63. The highest BCUT2D eigenvalue weighted by atomic mass is 35.5. The van der Waals surface area contributed by atoms with Crippen LogP contribution in [0.25, 0.3) is 0 Å². The van der Waals surface area contributed by atoms with Crippen LogP contribution < -0.4 is 5.73 Å². The molecule has 2 N–H and O–H groups in total. The lowest BCUT2D eigenvalue weighted by molar-refractivity contribution is 0.438. The number of aryl methyl sites for hydroxylation is 1. The van der Waals surface area contributed by atoms with Crippen molar-refractivity contribution in [3.63, 3.8) is 0 Å². The summed E-state index contributed by atoms with van der Waals surface area (Å²) in [4.78, 5) is 0. The quantitative estimate of drug-likeness (QED) is 0.886. The van der Waals surface area contributed by atoms with E-state index in [2.05, 4.69) is 12.1 Å². The summed E-state index contributed by atoms with van der Waals surface area (Å²) in [6.07, 6.45) is 2.42. The Balaban J connectivity index is 1.98. The van der Waals surface area contributed by atoms with Crippen molar-refractivity contribution in [3.05, 3.63) is 70.0 Å². The van der Waals surface area contributed by atoms with Crippen LogP contribution in [0.15, 0.2) is 42.5 Å². The molecule has 0 saturated carbocycles. The Morgan fingerprint density at radius 3 is 2.84 bits per heavy atom. The number of halogens is 2. The molecule has 1 nitrogen and oxygen atoms in total. The van der Waals surface area contributed by atoms with Crippen molar-refractivity contribution in [2.24, 2.45) is 5.73 Å². The van der Waals surface area contributed by atoms with E-state index in [0.717, 1.165) is 24.0 Å². The summed E-state index contributed by atoms with van der Waals surface area (Å²) < 4.78 is 13.3. The van der Waals surface area contributed by atoms with Gasteiger partial charge in [-0.05, 0) is 54.2 Å². The first-order valence-electron chi connectivity index (χ1n) is 6.40. The SMILES string of the molecule is NC1(Cc2cc(F)ccc2Cl)CCc2ccccc21. The van der Waals surface area contributed by atoms with E-state index >= 15 is 0 Å². The van der Waals surface area contributed by atoms with Crippen LogP contribution in [0.2, 0.25) is 5.02 Å². The third-order valence-electron chi connectivity index (χ3n) is 3.91. The molecule has 0 aliphatic heterocycles. The molecule has 1 aliphatic rings. The van der Waals surface area contributed by atoms with Crippen molar-refractivity contribution in [3.8, 4) is 0 Å². The van der Waals surface area contributed by atoms with E-state index in [0.29, 0.717) is 11.4 Å². The molecule has 3 rings (SSSR count). The lowest BCUT2D eigenvalue weighted by atomic mass is 9.86. The van der Waals surface area contributed by atoms with E-state index in [-0.39, 0.29) is 5.82 Å². The molecule has 0 aromatic heterocycles. The van der Waals surface area contributed by atoms with Gasteiger partial charge in [0.2, 0.25) is 0 Å². The Hall–Kier alpha value is -1.38. The zero-order valence-corrected chi connectivity index (χ0v) is 11.3. The molecule has 0 saturated heterocycles. The molecule has 98 valence electrons. The van der Waals surface area contributed by atoms with E-state index in [1.165, 1.54) is 17.7 Å². The smallest absolute Gasteiger partial charge is 0.123 e. The second kappa shape index (κ2) is 4.62. The van der Waals surface area contributed by atoms with E-state index < -0.39 is 5.54 Å². The summed E-state index contributed by atoms with van der Waals surface area (Å²) in [6, 6.07) is 12.7. The molecule has 0 radical (unpaired) electrons. The maximum atomic E-state index is 13.3. The maximum absolute atomic E-state index is 13.3. The lowest BCUT2D eigenvalue weighted by Gasteiger charge is -2.26. The average molecular weight is 276 g/mol. The van der Waals surface area contributed by atoms with Gasteiger partial charge >= 0.3 is 0 Å². The highest BCUT2D eigenvalue weighted by molar-refractivity contribution is 6.31. The highest BCUT2D eigenvalue weighted by Gasteiger charge is 2.35. The standard InChI is InChI=1S/C16H15ClFN/c17-15-6-5-13(18)9-12(15)10-16(19)8-7-11-3-1-2-4-14(11)16/h1-6,9H,7-8,10,19H2. The minimum Gasteiger partial charge on any atom is -0.321 e. The number of nitrogens with two attached hydrogens (primary N) is 1. The van der Waals surface area contributed by atoms with E-state index in [1.807, 2.05) is 12.1 Å². The van der Waals surface area contributed by atoms with Crippen LogP contribution in [-0.2, 0) is 18.4 Å². The molecule has 1 aliphatic carbocycles. The van der Waals surface area contributed by atoms with Gasteiger partial charge in [-0.2, -0.15) is 0 Å². The number of rotatable bonds is 2. The Morgan fingerprint density at radius 1 is 1.21 bits per heavy atom. The summed E-state index contributed by atoms with van der Waals surface area (Å²) in [5.41, 5.74) is 9.33. The molecule has 0 bridgehead atoms. The summed E-state index contributed by atoms with van der Waals surface area (Å²) in [7, 11) is 0. The molecule has 0 amide bonds. The van der Waals surface area contributed by atoms with Crippen molar-refractivity contribution in [1.82, 2.24) is 0 Å². The normalized spacial score (nSPS) is 21.4. The molecular formula is C16H15ClFN. The zero-order chi connectivity index (χ0) is 13.5. The highest BCUT2D eigenvalue weighted by Crippen LogP contribution is 2.38. The van der Waals surface area contributed by atoms with E-state index in [1.54, 1.807) is 6.07 Å². The van der Waals surface area contributed by atoms with Crippen molar-refractivity contribution in [2.45, 2.75) is 24.8 Å². The molecule has 3 heteroatoms. The first-order chi connectivity index (χ1) is 9.08. The van der Waals surface area contributed by atoms with Crippen molar-refractivity contribution >= 4 is 11.6 Å². The van der Waals surface area contributed by atoms with Gasteiger partial charge in [0.15, 0.2) is 0 Å². The van der Waals surface area contributed by atoms with Gasteiger partial charge in [0.05, 0.1) is 0 Å². The fourth-order valence-corrected chi connectivity index (χ4v) is 3.10. The molecule has 2 aromatic carbocycles. The topological polar surface area (TPSA) is 26.0 Å². The minimum atomic E-state index is -0.436. The minimum absolute atomic E-state index is 0.269. The fourth-order valence-electron chi connectivity index (χ4n) is 2.92. The number of benzene rings is 2. The second-order valence-electron chi connectivity index (χ2n) is 5.23. The van der Waals surface area contributed by atoms with Gasteiger partial charge in [-0.3, -0.25) is 0 Å². The van der Waals surface area contributed by atoms with Gasteiger partial charge in [-0.15, -0.1) is 0 Å². The molecule has 0 heterocycles. The Morgan fingerprint density at radius 2 is 2.00 bits per heavy atom. The van der Waals surface area contributed by atoms with Crippen molar-refractivity contribution in [2.75, 3.05) is 0 Å². The third kappa shape index (κ3) is 2.26. The van der Waals surface area contributed by atoms with Gasteiger partial charge in [0, 0.05) is 10.6 Å². The molecule has 1 unspecified atom stereocenters. The summed E-state index contributed by atoms with van der Waals surface area (Å²) in [6.45, 7) is 0. The first kappa shape index (κ1) is 12.6. The molecule has 2 aromatic rings. The summed E-state index contributed by atoms with van der Waals surface area (Å²) >= 11 is 6.14. The number of hydrogen-bond acceptors (Lipinski definition) is 1. The van der Waals surface area contributed by atoms with Crippen LogP contribution in [0.4, 0.5) is 4.39 Å². The molecule has 0 fully saturated rings. The van der Waals surface area contributed by atoms with Crippen LogP contribution in [0, 0.1) is 5.82 Å². The van der Waals surface area contributed by atoms with Gasteiger partial charge in [-0.1, -0.05) is 35.9 Å². The number of fused-ring (bicyclic) bond motifs is 1. The summed E-state index contributed by atoms with van der Waals surface area (Å²) in [5.74, 6) is -0.269. The Kier molecular flexibility index (Phi) is 3.08. The fraction of sp³-hybridized carbons (Fsp3) is 0.250. The lowest BCUT2D eigenvalue weighted by Crippen LogP contribution is -2.36. The summed E-state index contributed by atoms with van der Waals surface area (Å²) in [5, 5.41) is 0.579. The van der Waals surface area contributed by atoms with E-state index in [4.69, 9.17) is 17.3 Å². The molecule has 0 spiro atoms. The first-order valence-corrected chi connectivity index (χ1v) is 6.77. The van der Waals surface area contributed by atoms with Gasteiger partial charge in [0.25, 0.3) is 0 Å². The van der Waals surface area contributed by atoms with Gasteiger partial charge < -0.3 is 5.73 Å². The van der Waals surface area contributed by atoms with Crippen LogP contribution in [0.3, 0.4) is 0 Å². The maximum Gasteiger partial charge on any atom is 0.123 e. The molecular weight excluding hydrogens is 261 g/mol. The van der Waals surface area contributed by atoms with Gasteiger partial charge in [-0.25, -0.2) is 4.39 Å². The predicted octanol–water partition coefficient (Wildman–Crippen LogP) is 3.82. The average Bonchev–Trinajstić information content (AvgIpc) is 2.73. The van der Waals surface area contributed by atoms with Crippen LogP contribution in [0.5, 0.6) is 0 Å². The van der Waals surface area contributed by atoms with Crippen molar-refractivity contribution in [1.29, 1.82) is 0 Å². The zero-order valence-electron chi connectivity index (χ0n) is 10.5. The largest absolute Gasteiger partial charge is 0.321 e. The number of hydrogen-bond donors (Lipinski definition) is 1. The Bertz CT molecular complexity index is 626. The van der Waals surface area contributed by atoms with E-state index in [9.17, 15) is 4.39 Å². The van der Waals surface area contributed by atoms with Crippen LogP contribution in [0.1, 0.15) is 23.1 Å². The Labute approximate surface area is 117 Å².